The highest BCUT2D eigenvalue weighted by Crippen LogP contribution is 2.25. The summed E-state index contributed by atoms with van der Waals surface area (Å²) in [5.74, 6) is 1.70. The van der Waals surface area contributed by atoms with Crippen molar-refractivity contribution in [3.8, 4) is 11.5 Å². The van der Waals surface area contributed by atoms with Gasteiger partial charge in [0.05, 0.1) is 14.2 Å². The lowest BCUT2D eigenvalue weighted by Crippen LogP contribution is -2.25. The lowest BCUT2D eigenvalue weighted by atomic mass is 10.1. The van der Waals surface area contributed by atoms with Gasteiger partial charge in [-0.2, -0.15) is 0 Å². The molecule has 1 amide bonds. The van der Waals surface area contributed by atoms with Gasteiger partial charge in [0.25, 0.3) is 0 Å². The largest absolute Gasteiger partial charge is 0.497 e. The number of hydrogen-bond donors (Lipinski definition) is 1. The van der Waals surface area contributed by atoms with E-state index in [1.807, 2.05) is 18.2 Å². The van der Waals surface area contributed by atoms with E-state index in [-0.39, 0.29) is 5.91 Å². The molecule has 1 N–H and O–H groups in total. The van der Waals surface area contributed by atoms with Crippen molar-refractivity contribution in [2.45, 2.75) is 31.7 Å². The first-order chi connectivity index (χ1) is 8.72. The highest BCUT2D eigenvalue weighted by Gasteiger charge is 2.23. The molecule has 1 aliphatic carbocycles. The highest BCUT2D eigenvalue weighted by atomic mass is 16.5. The molecule has 1 aliphatic rings. The summed E-state index contributed by atoms with van der Waals surface area (Å²) in [7, 11) is 3.26. The van der Waals surface area contributed by atoms with Crippen molar-refractivity contribution in [1.82, 2.24) is 5.32 Å². The number of aryl methyl sites for hydroxylation is 1. The smallest absolute Gasteiger partial charge is 0.220 e. The minimum Gasteiger partial charge on any atom is -0.497 e. The average Bonchev–Trinajstić information content (AvgIpc) is 3.19. The Kier molecular flexibility index (Phi) is 4.07. The molecule has 1 aromatic rings. The van der Waals surface area contributed by atoms with Crippen molar-refractivity contribution < 1.29 is 14.3 Å². The van der Waals surface area contributed by atoms with E-state index >= 15 is 0 Å². The second-order valence-corrected chi connectivity index (χ2v) is 4.52. The number of carbonyl (C=O) groups is 1. The molecule has 0 saturated heterocycles. The summed E-state index contributed by atoms with van der Waals surface area (Å²) >= 11 is 0. The summed E-state index contributed by atoms with van der Waals surface area (Å²) in [5, 5.41) is 2.98. The first-order valence-corrected chi connectivity index (χ1v) is 6.23. The maximum Gasteiger partial charge on any atom is 0.220 e. The molecule has 18 heavy (non-hydrogen) atoms. The van der Waals surface area contributed by atoms with Gasteiger partial charge in [-0.15, -0.1) is 0 Å². The predicted molar refractivity (Wildman–Crippen MR) is 69.0 cm³/mol. The van der Waals surface area contributed by atoms with Crippen molar-refractivity contribution in [3.63, 3.8) is 0 Å². The number of ether oxygens (including phenoxy) is 2. The van der Waals surface area contributed by atoms with Crippen LogP contribution in [0.4, 0.5) is 0 Å². The zero-order valence-corrected chi connectivity index (χ0v) is 10.9. The average molecular weight is 249 g/mol. The molecule has 0 atom stereocenters. The van der Waals surface area contributed by atoms with Gasteiger partial charge in [-0.1, -0.05) is 0 Å². The molecule has 4 nitrogen and oxygen atoms in total. The number of benzene rings is 1. The molecule has 2 rings (SSSR count). The Morgan fingerprint density at radius 3 is 2.72 bits per heavy atom. The molecule has 0 heterocycles. The third-order valence-corrected chi connectivity index (χ3v) is 3.05. The molecule has 1 aromatic carbocycles. The molecule has 1 fully saturated rings. The molecule has 4 heteroatoms. The van der Waals surface area contributed by atoms with Gasteiger partial charge in [0.2, 0.25) is 5.91 Å². The van der Waals surface area contributed by atoms with E-state index in [0.29, 0.717) is 18.9 Å². The number of hydrogen-bond acceptors (Lipinski definition) is 3. The quantitative estimate of drug-likeness (QED) is 0.837. The molecule has 1 saturated carbocycles. The van der Waals surface area contributed by atoms with Gasteiger partial charge < -0.3 is 14.8 Å². The molecule has 0 spiro atoms. The van der Waals surface area contributed by atoms with Crippen LogP contribution in [-0.2, 0) is 11.2 Å². The molecular formula is C14H19NO3. The second-order valence-electron chi connectivity index (χ2n) is 4.52. The maximum atomic E-state index is 11.6. The zero-order valence-electron chi connectivity index (χ0n) is 10.9. The summed E-state index contributed by atoms with van der Waals surface area (Å²) in [5.41, 5.74) is 1.00. The van der Waals surface area contributed by atoms with E-state index in [0.717, 1.165) is 29.9 Å². The lowest BCUT2D eigenvalue weighted by molar-refractivity contribution is -0.121. The summed E-state index contributed by atoms with van der Waals surface area (Å²) in [6.45, 7) is 0. The van der Waals surface area contributed by atoms with Gasteiger partial charge in [0.15, 0.2) is 0 Å². The summed E-state index contributed by atoms with van der Waals surface area (Å²) in [4.78, 5) is 11.6. The number of carbonyl (C=O) groups excluding carboxylic acids is 1. The van der Waals surface area contributed by atoms with Crippen molar-refractivity contribution in [2.75, 3.05) is 14.2 Å². The van der Waals surface area contributed by atoms with Gasteiger partial charge >= 0.3 is 0 Å². The Labute approximate surface area is 107 Å². The molecule has 0 aromatic heterocycles. The Morgan fingerprint density at radius 2 is 2.11 bits per heavy atom. The van der Waals surface area contributed by atoms with Gasteiger partial charge in [-0.25, -0.2) is 0 Å². The van der Waals surface area contributed by atoms with Crippen LogP contribution in [0.5, 0.6) is 11.5 Å². The van der Waals surface area contributed by atoms with E-state index in [4.69, 9.17) is 9.47 Å². The number of methoxy groups -OCH3 is 2. The predicted octanol–water partition coefficient (Wildman–Crippen LogP) is 1.92. The van der Waals surface area contributed by atoms with E-state index < -0.39 is 0 Å². The van der Waals surface area contributed by atoms with E-state index in [1.165, 1.54) is 0 Å². The van der Waals surface area contributed by atoms with Crippen LogP contribution in [0.15, 0.2) is 18.2 Å². The summed E-state index contributed by atoms with van der Waals surface area (Å²) < 4.78 is 10.5. The van der Waals surface area contributed by atoms with Crippen LogP contribution in [0, 0.1) is 0 Å². The van der Waals surface area contributed by atoms with Crippen LogP contribution >= 0.6 is 0 Å². The van der Waals surface area contributed by atoms with Crippen LogP contribution in [0.1, 0.15) is 24.8 Å². The minimum absolute atomic E-state index is 0.113. The minimum atomic E-state index is 0.113. The third-order valence-electron chi connectivity index (χ3n) is 3.05. The Bertz CT molecular complexity index is 427. The molecular weight excluding hydrogens is 230 g/mol. The molecule has 0 aliphatic heterocycles. The van der Waals surface area contributed by atoms with Gasteiger partial charge in [0, 0.05) is 12.5 Å². The van der Waals surface area contributed by atoms with Crippen LogP contribution in [0.25, 0.3) is 0 Å². The topological polar surface area (TPSA) is 47.6 Å². The summed E-state index contributed by atoms with van der Waals surface area (Å²) in [6, 6.07) is 6.06. The van der Waals surface area contributed by atoms with E-state index in [9.17, 15) is 4.79 Å². The van der Waals surface area contributed by atoms with Gasteiger partial charge in [-0.3, -0.25) is 4.79 Å². The fraction of sp³-hybridized carbons (Fsp3) is 0.500. The van der Waals surface area contributed by atoms with Gasteiger partial charge in [-0.05, 0) is 43.0 Å². The standard InChI is InChI=1S/C14H19NO3/c1-17-12-6-7-13(18-2)10(9-12)3-8-14(16)15-11-4-5-11/h6-7,9,11H,3-5,8H2,1-2H3,(H,15,16). The lowest BCUT2D eigenvalue weighted by Gasteiger charge is -2.10. The normalized spacial score (nSPS) is 14.1. The van der Waals surface area contributed by atoms with Crippen LogP contribution in [0.3, 0.4) is 0 Å². The molecule has 98 valence electrons. The zero-order chi connectivity index (χ0) is 13.0. The Balaban J connectivity index is 1.95. The fourth-order valence-electron chi connectivity index (χ4n) is 1.85. The highest BCUT2D eigenvalue weighted by molar-refractivity contribution is 5.77. The maximum absolute atomic E-state index is 11.6. The van der Waals surface area contributed by atoms with Crippen LogP contribution < -0.4 is 14.8 Å². The fourth-order valence-corrected chi connectivity index (χ4v) is 1.85. The monoisotopic (exact) mass is 249 g/mol. The molecule has 0 unspecified atom stereocenters. The summed E-state index contributed by atoms with van der Waals surface area (Å²) in [6.07, 6.45) is 3.39. The number of nitrogens with one attached hydrogen (secondary N) is 1. The van der Waals surface area contributed by atoms with E-state index in [2.05, 4.69) is 5.32 Å². The van der Waals surface area contributed by atoms with Crippen molar-refractivity contribution in [1.29, 1.82) is 0 Å². The molecule has 0 radical (unpaired) electrons. The Morgan fingerprint density at radius 1 is 1.33 bits per heavy atom. The Hall–Kier alpha value is -1.71. The third kappa shape index (κ3) is 3.39. The van der Waals surface area contributed by atoms with Crippen LogP contribution in [-0.4, -0.2) is 26.2 Å². The van der Waals surface area contributed by atoms with Gasteiger partial charge in [0.1, 0.15) is 11.5 Å². The van der Waals surface area contributed by atoms with E-state index in [1.54, 1.807) is 14.2 Å². The first kappa shape index (κ1) is 12.7. The van der Waals surface area contributed by atoms with Crippen molar-refractivity contribution >= 4 is 5.91 Å². The first-order valence-electron chi connectivity index (χ1n) is 6.23. The molecule has 0 bridgehead atoms. The van der Waals surface area contributed by atoms with Crippen molar-refractivity contribution in [2.24, 2.45) is 0 Å². The van der Waals surface area contributed by atoms with Crippen LogP contribution in [0.2, 0.25) is 0 Å². The number of rotatable bonds is 6. The second kappa shape index (κ2) is 5.76. The van der Waals surface area contributed by atoms with Crippen molar-refractivity contribution in [3.05, 3.63) is 23.8 Å². The number of amides is 1. The SMILES string of the molecule is COc1ccc(OC)c(CCC(=O)NC2CC2)c1.